The van der Waals surface area contributed by atoms with E-state index in [1.54, 1.807) is 30.1 Å². The number of hydrogen-bond acceptors (Lipinski definition) is 4. The Labute approximate surface area is 109 Å². The molecule has 0 aliphatic carbocycles. The summed E-state index contributed by atoms with van der Waals surface area (Å²) in [6.45, 7) is 0.351. The number of benzene rings is 1. The van der Waals surface area contributed by atoms with Gasteiger partial charge in [-0.3, -0.25) is 0 Å². The van der Waals surface area contributed by atoms with Crippen molar-refractivity contribution in [2.45, 2.75) is 6.54 Å². The average Bonchev–Trinajstić information content (AvgIpc) is 2.35. The molecule has 0 unspecified atom stereocenters. The minimum absolute atomic E-state index is 0.111. The van der Waals surface area contributed by atoms with Crippen LogP contribution in [0.2, 0.25) is 5.28 Å². The van der Waals surface area contributed by atoms with Crippen LogP contribution in [-0.2, 0) is 6.54 Å². The largest absolute Gasteiger partial charge is 0.394 e. The molecule has 2 aromatic rings. The van der Waals surface area contributed by atoms with Crippen LogP contribution in [0, 0.1) is 5.82 Å². The van der Waals surface area contributed by atoms with Crippen LogP contribution in [0.15, 0.2) is 30.5 Å². The lowest BCUT2D eigenvalue weighted by Crippen LogP contribution is -2.20. The third-order valence-corrected chi connectivity index (χ3v) is 2.68. The molecule has 1 aromatic carbocycles. The summed E-state index contributed by atoms with van der Waals surface area (Å²) >= 11 is 5.72. The van der Waals surface area contributed by atoms with E-state index in [0.29, 0.717) is 23.6 Å². The third-order valence-electron chi connectivity index (χ3n) is 2.49. The first-order chi connectivity index (χ1) is 8.58. The molecule has 4 nitrogen and oxygen atoms in total. The van der Waals surface area contributed by atoms with Crippen molar-refractivity contribution in [1.82, 2.24) is 9.97 Å². The number of nitrogen functional groups attached to an aromatic ring is 1. The molecule has 0 atom stereocenters. The van der Waals surface area contributed by atoms with Crippen molar-refractivity contribution >= 4 is 23.1 Å². The first-order valence-corrected chi connectivity index (χ1v) is 5.68. The third kappa shape index (κ3) is 2.68. The Bertz CT molecular complexity index is 562. The van der Waals surface area contributed by atoms with E-state index in [4.69, 9.17) is 17.3 Å². The fourth-order valence-corrected chi connectivity index (χ4v) is 1.75. The van der Waals surface area contributed by atoms with Gasteiger partial charge in [0.25, 0.3) is 0 Å². The van der Waals surface area contributed by atoms with Crippen molar-refractivity contribution in [3.05, 3.63) is 47.1 Å². The number of anilines is 2. The maximum absolute atomic E-state index is 13.5. The summed E-state index contributed by atoms with van der Waals surface area (Å²) in [6.07, 6.45) is 1.43. The highest BCUT2D eigenvalue weighted by molar-refractivity contribution is 6.28. The van der Waals surface area contributed by atoms with Gasteiger partial charge in [0.05, 0.1) is 11.9 Å². The zero-order valence-corrected chi connectivity index (χ0v) is 10.5. The van der Waals surface area contributed by atoms with E-state index in [-0.39, 0.29) is 11.1 Å². The summed E-state index contributed by atoms with van der Waals surface area (Å²) in [7, 11) is 1.77. The Balaban J connectivity index is 2.25. The lowest BCUT2D eigenvalue weighted by atomic mass is 10.2. The monoisotopic (exact) mass is 266 g/mol. The molecule has 2 N–H and O–H groups in total. The van der Waals surface area contributed by atoms with Crippen molar-refractivity contribution in [2.24, 2.45) is 0 Å². The Hall–Kier alpha value is -1.88. The lowest BCUT2D eigenvalue weighted by Gasteiger charge is -2.19. The topological polar surface area (TPSA) is 55.0 Å². The molecule has 0 radical (unpaired) electrons. The van der Waals surface area contributed by atoms with Crippen LogP contribution in [0.5, 0.6) is 0 Å². The summed E-state index contributed by atoms with van der Waals surface area (Å²) in [5.74, 6) is 0.223. The maximum Gasteiger partial charge on any atom is 0.224 e. The van der Waals surface area contributed by atoms with Crippen molar-refractivity contribution in [2.75, 3.05) is 17.7 Å². The summed E-state index contributed by atoms with van der Waals surface area (Å²) in [5, 5.41) is 0.111. The van der Waals surface area contributed by atoms with Gasteiger partial charge in [0, 0.05) is 19.2 Å². The fourth-order valence-electron chi connectivity index (χ4n) is 1.62. The summed E-state index contributed by atoms with van der Waals surface area (Å²) in [6, 6.07) is 6.56. The second-order valence-electron chi connectivity index (χ2n) is 3.87. The molecule has 0 amide bonds. The minimum atomic E-state index is -0.261. The Morgan fingerprint density at radius 3 is 2.83 bits per heavy atom. The molecule has 0 aliphatic rings. The molecule has 0 saturated heterocycles. The van der Waals surface area contributed by atoms with Crippen molar-refractivity contribution in [1.29, 1.82) is 0 Å². The number of halogens is 2. The quantitative estimate of drug-likeness (QED) is 0.867. The molecule has 6 heteroatoms. The number of nitrogens with zero attached hydrogens (tertiary/aromatic N) is 3. The van der Waals surface area contributed by atoms with Gasteiger partial charge >= 0.3 is 0 Å². The van der Waals surface area contributed by atoms with E-state index in [9.17, 15) is 4.39 Å². The van der Waals surface area contributed by atoms with Crippen molar-refractivity contribution < 1.29 is 4.39 Å². The van der Waals surface area contributed by atoms with Gasteiger partial charge < -0.3 is 10.6 Å². The Morgan fingerprint density at radius 1 is 1.39 bits per heavy atom. The molecular formula is C12H12ClFN4. The molecule has 18 heavy (non-hydrogen) atoms. The predicted molar refractivity (Wildman–Crippen MR) is 70.0 cm³/mol. The Kier molecular flexibility index (Phi) is 3.62. The molecule has 2 rings (SSSR count). The smallest absolute Gasteiger partial charge is 0.224 e. The molecule has 94 valence electrons. The van der Waals surface area contributed by atoms with E-state index < -0.39 is 0 Å². The van der Waals surface area contributed by atoms with Gasteiger partial charge in [-0.2, -0.15) is 4.98 Å². The first kappa shape index (κ1) is 12.6. The fraction of sp³-hybridized carbons (Fsp3) is 0.167. The summed E-state index contributed by atoms with van der Waals surface area (Å²) in [4.78, 5) is 9.53. The first-order valence-electron chi connectivity index (χ1n) is 5.30. The van der Waals surface area contributed by atoms with Gasteiger partial charge in [0.1, 0.15) is 5.82 Å². The highest BCUT2D eigenvalue weighted by Gasteiger charge is 2.11. The molecule has 0 bridgehead atoms. The van der Waals surface area contributed by atoms with Crippen molar-refractivity contribution in [3.8, 4) is 0 Å². The van der Waals surface area contributed by atoms with Gasteiger partial charge in [-0.1, -0.05) is 18.2 Å². The predicted octanol–water partition coefficient (Wildman–Crippen LogP) is 2.49. The number of rotatable bonds is 3. The van der Waals surface area contributed by atoms with Crippen LogP contribution in [0.3, 0.4) is 0 Å². The second-order valence-corrected chi connectivity index (χ2v) is 4.20. The van der Waals surface area contributed by atoms with Crippen molar-refractivity contribution in [3.63, 3.8) is 0 Å². The van der Waals surface area contributed by atoms with E-state index in [1.807, 2.05) is 0 Å². The van der Waals surface area contributed by atoms with Gasteiger partial charge in [-0.15, -0.1) is 0 Å². The molecular weight excluding hydrogens is 255 g/mol. The SMILES string of the molecule is CN(Cc1ccccc1F)c1nc(Cl)ncc1N. The summed E-state index contributed by atoms with van der Waals surface area (Å²) < 4.78 is 13.5. The molecule has 0 saturated carbocycles. The van der Waals surface area contributed by atoms with Crippen LogP contribution in [0.1, 0.15) is 5.56 Å². The van der Waals surface area contributed by atoms with Crippen LogP contribution < -0.4 is 10.6 Å². The average molecular weight is 267 g/mol. The van der Waals surface area contributed by atoms with Gasteiger partial charge in [-0.25, -0.2) is 9.37 Å². The molecule has 1 heterocycles. The highest BCUT2D eigenvalue weighted by atomic mass is 35.5. The summed E-state index contributed by atoms with van der Waals surface area (Å²) in [5.41, 5.74) is 6.73. The van der Waals surface area contributed by atoms with Crippen LogP contribution >= 0.6 is 11.6 Å². The van der Waals surface area contributed by atoms with Crippen LogP contribution in [0.4, 0.5) is 15.9 Å². The van der Waals surface area contributed by atoms with Crippen LogP contribution in [-0.4, -0.2) is 17.0 Å². The minimum Gasteiger partial charge on any atom is -0.394 e. The zero-order chi connectivity index (χ0) is 13.1. The Morgan fingerprint density at radius 2 is 2.11 bits per heavy atom. The zero-order valence-electron chi connectivity index (χ0n) is 9.77. The lowest BCUT2D eigenvalue weighted by molar-refractivity contribution is 0.607. The molecule has 0 aliphatic heterocycles. The molecule has 0 fully saturated rings. The molecule has 1 aromatic heterocycles. The number of nitrogens with two attached hydrogens (primary N) is 1. The molecule has 0 spiro atoms. The van der Waals surface area contributed by atoms with Gasteiger partial charge in [0.15, 0.2) is 5.82 Å². The van der Waals surface area contributed by atoms with Crippen LogP contribution in [0.25, 0.3) is 0 Å². The standard InChI is InChI=1S/C12H12ClFN4/c1-18(7-8-4-2-3-5-9(8)14)11-10(15)6-16-12(13)17-11/h2-6H,7,15H2,1H3. The van der Waals surface area contributed by atoms with E-state index in [1.165, 1.54) is 12.3 Å². The maximum atomic E-state index is 13.5. The number of hydrogen-bond donors (Lipinski definition) is 1. The normalized spacial score (nSPS) is 10.4. The van der Waals surface area contributed by atoms with E-state index >= 15 is 0 Å². The number of aromatic nitrogens is 2. The van der Waals surface area contributed by atoms with E-state index in [2.05, 4.69) is 9.97 Å². The second kappa shape index (κ2) is 5.18. The van der Waals surface area contributed by atoms with Gasteiger partial charge in [-0.05, 0) is 17.7 Å². The van der Waals surface area contributed by atoms with Gasteiger partial charge in [0.2, 0.25) is 5.28 Å². The highest BCUT2D eigenvalue weighted by Crippen LogP contribution is 2.22. The van der Waals surface area contributed by atoms with E-state index in [0.717, 1.165) is 0 Å².